The Hall–Kier alpha value is -4.24. The van der Waals surface area contributed by atoms with Crippen LogP contribution in [-0.2, 0) is 14.8 Å². The number of aromatic nitrogens is 3. The van der Waals surface area contributed by atoms with Gasteiger partial charge in [-0.3, -0.25) is 4.72 Å². The molecule has 37 heavy (non-hydrogen) atoms. The van der Waals surface area contributed by atoms with Gasteiger partial charge in [-0.1, -0.05) is 60.2 Å². The fourth-order valence-corrected chi connectivity index (χ4v) is 5.39. The van der Waals surface area contributed by atoms with Crippen molar-refractivity contribution in [3.8, 4) is 0 Å². The van der Waals surface area contributed by atoms with Crippen LogP contribution in [-0.4, -0.2) is 35.5 Å². The number of benzene rings is 3. The maximum Gasteiger partial charge on any atom is 0.344 e. The largest absolute Gasteiger partial charge is 0.462 e. The summed E-state index contributed by atoms with van der Waals surface area (Å²) in [5, 5.41) is 0. The normalized spacial score (nSPS) is 12.5. The summed E-state index contributed by atoms with van der Waals surface area (Å²) in [7, 11) is -4.07. The maximum absolute atomic E-state index is 13.6. The molecular formula is C28H26N4O4S. The average molecular weight is 515 g/mol. The van der Waals surface area contributed by atoms with Crippen LogP contribution in [0.5, 0.6) is 0 Å². The van der Waals surface area contributed by atoms with Crippen LogP contribution >= 0.6 is 0 Å². The molecule has 5 rings (SSSR count). The van der Waals surface area contributed by atoms with Gasteiger partial charge in [0.1, 0.15) is 16.9 Å². The Kier molecular flexibility index (Phi) is 6.39. The number of carbonyl (C=O) groups excluding carboxylic acids is 1. The molecule has 0 amide bonds. The van der Waals surface area contributed by atoms with Crippen LogP contribution in [0.1, 0.15) is 41.4 Å². The zero-order chi connectivity index (χ0) is 26.2. The van der Waals surface area contributed by atoms with Crippen molar-refractivity contribution in [2.75, 3.05) is 11.3 Å². The van der Waals surface area contributed by atoms with Crippen molar-refractivity contribution in [3.05, 3.63) is 95.6 Å². The standard InChI is InChI=1S/C28H26N4O4S/c1-4-36-28(33)24-25-27(30-23-13-9-8-12-22(23)29-25)32(19(3)20-10-6-5-7-11-20)26(24)31-37(34,35)21-16-14-18(2)15-17-21/h5-17,19,31H,4H2,1-3H3/t19-/m1/s1. The molecule has 0 radical (unpaired) electrons. The van der Waals surface area contributed by atoms with E-state index in [1.54, 1.807) is 29.7 Å². The van der Waals surface area contributed by atoms with Gasteiger partial charge in [0.2, 0.25) is 0 Å². The fraction of sp³-hybridized carbons (Fsp3) is 0.179. The molecule has 0 spiro atoms. The quantitative estimate of drug-likeness (QED) is 0.289. The van der Waals surface area contributed by atoms with Crippen LogP contribution in [0.4, 0.5) is 5.82 Å². The lowest BCUT2D eigenvalue weighted by molar-refractivity contribution is 0.0529. The highest BCUT2D eigenvalue weighted by Crippen LogP contribution is 2.36. The number of fused-ring (bicyclic) bond motifs is 2. The first-order valence-electron chi connectivity index (χ1n) is 11.9. The highest BCUT2D eigenvalue weighted by molar-refractivity contribution is 7.92. The molecule has 0 aliphatic carbocycles. The van der Waals surface area contributed by atoms with E-state index < -0.39 is 22.0 Å². The predicted octanol–water partition coefficient (Wildman–Crippen LogP) is 5.48. The first-order chi connectivity index (χ1) is 17.8. The van der Waals surface area contributed by atoms with Crippen LogP contribution in [0.15, 0.2) is 83.8 Å². The van der Waals surface area contributed by atoms with E-state index in [0.29, 0.717) is 16.7 Å². The van der Waals surface area contributed by atoms with Crippen molar-refractivity contribution in [3.63, 3.8) is 0 Å². The van der Waals surface area contributed by atoms with Gasteiger partial charge in [0.15, 0.2) is 5.65 Å². The third kappa shape index (κ3) is 4.53. The van der Waals surface area contributed by atoms with Crippen molar-refractivity contribution >= 4 is 44.0 Å². The zero-order valence-corrected chi connectivity index (χ0v) is 21.5. The predicted molar refractivity (Wildman–Crippen MR) is 143 cm³/mol. The van der Waals surface area contributed by atoms with Gasteiger partial charge in [0.25, 0.3) is 10.0 Å². The SMILES string of the molecule is CCOC(=O)c1c(NS(=O)(=O)c2ccc(C)cc2)n([C@H](C)c2ccccc2)c2nc3ccccc3nc12. The number of carbonyl (C=O) groups is 1. The smallest absolute Gasteiger partial charge is 0.344 e. The third-order valence-electron chi connectivity index (χ3n) is 6.21. The Balaban J connectivity index is 1.83. The minimum Gasteiger partial charge on any atom is -0.462 e. The number of esters is 1. The molecule has 2 heterocycles. The van der Waals surface area contributed by atoms with Gasteiger partial charge >= 0.3 is 5.97 Å². The highest BCUT2D eigenvalue weighted by atomic mass is 32.2. The van der Waals surface area contributed by atoms with E-state index in [1.807, 2.05) is 62.4 Å². The number of nitrogens with one attached hydrogen (secondary N) is 1. The van der Waals surface area contributed by atoms with E-state index in [2.05, 4.69) is 4.72 Å². The van der Waals surface area contributed by atoms with E-state index in [9.17, 15) is 13.2 Å². The molecule has 9 heteroatoms. The van der Waals surface area contributed by atoms with Crippen LogP contribution < -0.4 is 4.72 Å². The van der Waals surface area contributed by atoms with Gasteiger partial charge in [-0.2, -0.15) is 0 Å². The molecule has 3 aromatic carbocycles. The van der Waals surface area contributed by atoms with Crippen molar-refractivity contribution in [2.24, 2.45) is 0 Å². The van der Waals surface area contributed by atoms with Crippen molar-refractivity contribution in [1.82, 2.24) is 14.5 Å². The number of anilines is 1. The molecule has 0 saturated carbocycles. The van der Waals surface area contributed by atoms with E-state index in [1.165, 1.54) is 12.1 Å². The molecule has 188 valence electrons. The summed E-state index contributed by atoms with van der Waals surface area (Å²) < 4.78 is 36.9. The number of para-hydroxylation sites is 2. The number of rotatable bonds is 7. The van der Waals surface area contributed by atoms with Crippen LogP contribution in [0, 0.1) is 6.92 Å². The Morgan fingerprint density at radius 3 is 2.22 bits per heavy atom. The molecule has 8 nitrogen and oxygen atoms in total. The first kappa shape index (κ1) is 24.5. The summed E-state index contributed by atoms with van der Waals surface area (Å²) in [6, 6.07) is 23.0. The van der Waals surface area contributed by atoms with Gasteiger partial charge in [-0.25, -0.2) is 23.2 Å². The summed E-state index contributed by atoms with van der Waals surface area (Å²) in [6.45, 7) is 5.61. The van der Waals surface area contributed by atoms with Crippen LogP contribution in [0.2, 0.25) is 0 Å². The molecule has 0 bridgehead atoms. The lowest BCUT2D eigenvalue weighted by atomic mass is 10.1. The van der Waals surface area contributed by atoms with Crippen molar-refractivity contribution < 1.29 is 17.9 Å². The number of nitrogens with zero attached hydrogens (tertiary/aromatic N) is 3. The summed E-state index contributed by atoms with van der Waals surface area (Å²) >= 11 is 0. The van der Waals surface area contributed by atoms with Gasteiger partial charge in [0, 0.05) is 0 Å². The van der Waals surface area contributed by atoms with Crippen LogP contribution in [0.25, 0.3) is 22.2 Å². The molecule has 2 aromatic heterocycles. The van der Waals surface area contributed by atoms with Gasteiger partial charge in [-0.05, 0) is 50.6 Å². The summed E-state index contributed by atoms with van der Waals surface area (Å²) in [6.07, 6.45) is 0. The van der Waals surface area contributed by atoms with Crippen LogP contribution in [0.3, 0.4) is 0 Å². The molecular weight excluding hydrogens is 488 g/mol. The molecule has 0 aliphatic heterocycles. The lowest BCUT2D eigenvalue weighted by Crippen LogP contribution is -2.20. The summed E-state index contributed by atoms with van der Waals surface area (Å²) in [5.41, 5.74) is 3.70. The number of hydrogen-bond acceptors (Lipinski definition) is 6. The first-order valence-corrected chi connectivity index (χ1v) is 13.4. The number of hydrogen-bond donors (Lipinski definition) is 1. The Labute approximate surface area is 215 Å². The second-order valence-electron chi connectivity index (χ2n) is 8.70. The Bertz CT molecular complexity index is 1710. The summed E-state index contributed by atoms with van der Waals surface area (Å²) in [4.78, 5) is 22.9. The van der Waals surface area contributed by atoms with E-state index in [0.717, 1.165) is 11.1 Å². The molecule has 0 unspecified atom stereocenters. The van der Waals surface area contributed by atoms with Gasteiger partial charge in [0.05, 0.1) is 28.6 Å². The highest BCUT2D eigenvalue weighted by Gasteiger charge is 2.32. The van der Waals surface area contributed by atoms with E-state index in [4.69, 9.17) is 14.7 Å². The second-order valence-corrected chi connectivity index (χ2v) is 10.4. The fourth-order valence-electron chi connectivity index (χ4n) is 4.32. The van der Waals surface area contributed by atoms with E-state index >= 15 is 0 Å². The molecule has 1 N–H and O–H groups in total. The summed E-state index contributed by atoms with van der Waals surface area (Å²) in [5.74, 6) is -0.626. The Morgan fingerprint density at radius 2 is 1.57 bits per heavy atom. The minimum absolute atomic E-state index is 0.0218. The third-order valence-corrected chi connectivity index (χ3v) is 7.56. The topological polar surface area (TPSA) is 103 Å². The van der Waals surface area contributed by atoms with Crippen molar-refractivity contribution in [1.29, 1.82) is 0 Å². The number of aryl methyl sites for hydroxylation is 1. The minimum atomic E-state index is -4.07. The number of sulfonamides is 1. The lowest BCUT2D eigenvalue weighted by Gasteiger charge is -2.20. The molecule has 0 aliphatic rings. The molecule has 5 aromatic rings. The number of ether oxygens (including phenoxy) is 1. The van der Waals surface area contributed by atoms with Crippen molar-refractivity contribution in [2.45, 2.75) is 31.7 Å². The zero-order valence-electron chi connectivity index (χ0n) is 20.7. The second kappa shape index (κ2) is 9.67. The van der Waals surface area contributed by atoms with Gasteiger partial charge < -0.3 is 9.30 Å². The molecule has 1 atom stereocenters. The Morgan fingerprint density at radius 1 is 0.946 bits per heavy atom. The average Bonchev–Trinajstić information content (AvgIpc) is 3.19. The maximum atomic E-state index is 13.6. The van der Waals surface area contributed by atoms with E-state index in [-0.39, 0.29) is 28.4 Å². The van der Waals surface area contributed by atoms with Gasteiger partial charge in [-0.15, -0.1) is 0 Å². The molecule has 0 saturated heterocycles. The molecule has 0 fully saturated rings. The monoisotopic (exact) mass is 514 g/mol.